The largest absolute Gasteiger partial charge is 0.390 e. The molecule has 136 valence electrons. The maximum atomic E-state index is 10.1. The van der Waals surface area contributed by atoms with Gasteiger partial charge in [0.1, 0.15) is 5.15 Å². The highest BCUT2D eigenvalue weighted by Gasteiger charge is 2.51. The van der Waals surface area contributed by atoms with Crippen LogP contribution in [0.15, 0.2) is 24.7 Å². The van der Waals surface area contributed by atoms with Gasteiger partial charge < -0.3 is 10.0 Å². The smallest absolute Gasteiger partial charge is 0.131 e. The first kappa shape index (κ1) is 17.4. The van der Waals surface area contributed by atoms with Crippen molar-refractivity contribution in [3.05, 3.63) is 40.9 Å². The van der Waals surface area contributed by atoms with E-state index in [2.05, 4.69) is 26.8 Å². The molecule has 0 bridgehead atoms. The molecule has 26 heavy (non-hydrogen) atoms. The van der Waals surface area contributed by atoms with E-state index in [1.165, 1.54) is 0 Å². The zero-order chi connectivity index (χ0) is 18.4. The lowest BCUT2D eigenvalue weighted by atomic mass is 9.56. The number of aliphatic hydroxyl groups is 1. The summed E-state index contributed by atoms with van der Waals surface area (Å²) in [5, 5.41) is 14.7. The van der Waals surface area contributed by atoms with Gasteiger partial charge in [-0.15, -0.1) is 0 Å². The first-order valence-corrected chi connectivity index (χ1v) is 9.36. The van der Waals surface area contributed by atoms with E-state index < -0.39 is 5.60 Å². The quantitative estimate of drug-likeness (QED) is 0.619. The lowest BCUT2D eigenvalue weighted by Gasteiger charge is -2.55. The first-order chi connectivity index (χ1) is 12.3. The minimum Gasteiger partial charge on any atom is -0.390 e. The average Bonchev–Trinajstić information content (AvgIpc) is 2.98. The summed E-state index contributed by atoms with van der Waals surface area (Å²) in [6.07, 6.45) is 9.42. The van der Waals surface area contributed by atoms with Gasteiger partial charge in [-0.2, -0.15) is 5.10 Å². The molecule has 2 aromatic rings. The number of rotatable bonds is 1. The second-order valence-electron chi connectivity index (χ2n) is 8.01. The van der Waals surface area contributed by atoms with Crippen LogP contribution in [0, 0.1) is 17.3 Å². The van der Waals surface area contributed by atoms with Crippen molar-refractivity contribution in [3.8, 4) is 11.8 Å². The Morgan fingerprint density at radius 2 is 1.92 bits per heavy atom. The van der Waals surface area contributed by atoms with Crippen LogP contribution in [0.5, 0.6) is 0 Å². The highest BCUT2D eigenvalue weighted by Crippen LogP contribution is 2.54. The van der Waals surface area contributed by atoms with Crippen molar-refractivity contribution in [1.29, 1.82) is 0 Å². The van der Waals surface area contributed by atoms with Crippen LogP contribution < -0.4 is 4.90 Å². The molecule has 1 saturated carbocycles. The Morgan fingerprint density at radius 1 is 1.19 bits per heavy atom. The highest BCUT2D eigenvalue weighted by atomic mass is 35.5. The van der Waals surface area contributed by atoms with E-state index in [0.717, 1.165) is 55.6 Å². The second-order valence-corrected chi connectivity index (χ2v) is 8.40. The number of anilines is 1. The normalized spacial score (nSPS) is 20.4. The molecule has 0 aromatic carbocycles. The van der Waals surface area contributed by atoms with E-state index in [0.29, 0.717) is 10.6 Å². The summed E-state index contributed by atoms with van der Waals surface area (Å²) in [6, 6.07) is 1.91. The summed E-state index contributed by atoms with van der Waals surface area (Å²) >= 11 is 6.16. The zero-order valence-electron chi connectivity index (χ0n) is 15.2. The van der Waals surface area contributed by atoms with Crippen LogP contribution in [0.1, 0.15) is 43.7 Å². The first-order valence-electron chi connectivity index (χ1n) is 8.98. The maximum Gasteiger partial charge on any atom is 0.131 e. The van der Waals surface area contributed by atoms with Gasteiger partial charge in [-0.3, -0.25) is 4.68 Å². The van der Waals surface area contributed by atoms with Crippen molar-refractivity contribution >= 4 is 17.3 Å². The molecule has 2 fully saturated rings. The van der Waals surface area contributed by atoms with Crippen LogP contribution in [-0.2, 0) is 7.05 Å². The van der Waals surface area contributed by atoms with Crippen LogP contribution in [-0.4, -0.2) is 38.6 Å². The monoisotopic (exact) mass is 370 g/mol. The van der Waals surface area contributed by atoms with Gasteiger partial charge in [0, 0.05) is 38.6 Å². The number of piperidine rings is 1. The molecule has 5 nitrogen and oxygen atoms in total. The molecule has 1 saturated heterocycles. The van der Waals surface area contributed by atoms with Crippen molar-refractivity contribution < 1.29 is 5.11 Å². The Hall–Kier alpha value is -2.03. The number of nitrogens with zero attached hydrogens (tertiary/aromatic N) is 4. The second kappa shape index (κ2) is 6.29. The Labute approximate surface area is 159 Å². The molecule has 3 heterocycles. The van der Waals surface area contributed by atoms with Crippen LogP contribution in [0.2, 0.25) is 5.15 Å². The molecule has 1 aliphatic heterocycles. The Balaban J connectivity index is 1.54. The summed E-state index contributed by atoms with van der Waals surface area (Å²) in [5.74, 6) is 6.38. The van der Waals surface area contributed by atoms with Gasteiger partial charge in [0.15, 0.2) is 0 Å². The number of aryl methyl sites for hydroxylation is 1. The number of hydrogen-bond donors (Lipinski definition) is 1. The predicted molar refractivity (Wildman–Crippen MR) is 102 cm³/mol. The van der Waals surface area contributed by atoms with E-state index in [1.807, 2.05) is 26.2 Å². The van der Waals surface area contributed by atoms with E-state index >= 15 is 0 Å². The fourth-order valence-corrected chi connectivity index (χ4v) is 4.70. The molecule has 0 unspecified atom stereocenters. The number of hydrogen-bond acceptors (Lipinski definition) is 4. The number of pyridine rings is 1. The highest BCUT2D eigenvalue weighted by molar-refractivity contribution is 6.29. The number of halogens is 1. The third-order valence-electron chi connectivity index (χ3n) is 5.57. The van der Waals surface area contributed by atoms with Crippen molar-refractivity contribution in [3.63, 3.8) is 0 Å². The van der Waals surface area contributed by atoms with Gasteiger partial charge in [0.05, 0.1) is 28.6 Å². The minimum atomic E-state index is -0.470. The van der Waals surface area contributed by atoms with Gasteiger partial charge in [-0.25, -0.2) is 4.98 Å². The molecule has 0 atom stereocenters. The van der Waals surface area contributed by atoms with Gasteiger partial charge in [-0.1, -0.05) is 23.4 Å². The lowest BCUT2D eigenvalue weighted by Crippen LogP contribution is -2.54. The summed E-state index contributed by atoms with van der Waals surface area (Å²) in [5.41, 5.74) is 2.65. The summed E-state index contributed by atoms with van der Waals surface area (Å²) in [7, 11) is 1.88. The fraction of sp³-hybridized carbons (Fsp3) is 0.500. The van der Waals surface area contributed by atoms with E-state index in [9.17, 15) is 5.11 Å². The van der Waals surface area contributed by atoms with Gasteiger partial charge in [-0.05, 0) is 38.0 Å². The molecule has 0 radical (unpaired) electrons. The van der Waals surface area contributed by atoms with E-state index in [4.69, 9.17) is 11.6 Å². The minimum absolute atomic E-state index is 0.318. The van der Waals surface area contributed by atoms with Crippen molar-refractivity contribution in [2.45, 2.75) is 38.2 Å². The SMILES string of the molecule is Cn1cc(C#Cc2cnc(Cl)cc2N2CCC3(CC2)CC(C)(O)C3)cn1. The predicted octanol–water partition coefficient (Wildman–Crippen LogP) is 3.00. The Bertz CT molecular complexity index is 875. The van der Waals surface area contributed by atoms with Crippen LogP contribution in [0.25, 0.3) is 0 Å². The summed E-state index contributed by atoms with van der Waals surface area (Å²) in [4.78, 5) is 6.56. The Kier molecular flexibility index (Phi) is 4.21. The standard InChI is InChI=1S/C20H23ClN4O/c1-19(26)13-20(14-19)5-7-25(8-6-20)17-9-18(21)22-11-16(17)4-3-15-10-23-24(2)12-15/h9-12,26H,5-8,13-14H2,1-2H3. The molecule has 1 aliphatic carbocycles. The zero-order valence-corrected chi connectivity index (χ0v) is 15.9. The lowest BCUT2D eigenvalue weighted by molar-refractivity contribution is -0.124. The number of aromatic nitrogens is 3. The molecule has 2 aliphatic rings. The van der Waals surface area contributed by atoms with Gasteiger partial charge in [0.2, 0.25) is 0 Å². The van der Waals surface area contributed by atoms with Crippen molar-refractivity contribution in [2.24, 2.45) is 12.5 Å². The topological polar surface area (TPSA) is 54.2 Å². The van der Waals surface area contributed by atoms with Gasteiger partial charge in [0.25, 0.3) is 0 Å². The van der Waals surface area contributed by atoms with Crippen molar-refractivity contribution in [1.82, 2.24) is 14.8 Å². The van der Waals surface area contributed by atoms with Crippen LogP contribution >= 0.6 is 11.6 Å². The molecular weight excluding hydrogens is 348 g/mol. The molecule has 0 amide bonds. The van der Waals surface area contributed by atoms with Crippen molar-refractivity contribution in [2.75, 3.05) is 18.0 Å². The molecular formula is C20H23ClN4O. The molecule has 4 rings (SSSR count). The summed E-state index contributed by atoms with van der Waals surface area (Å²) < 4.78 is 1.74. The van der Waals surface area contributed by atoms with Crippen LogP contribution in [0.4, 0.5) is 5.69 Å². The molecule has 1 N–H and O–H groups in total. The molecule has 1 spiro atoms. The van der Waals surface area contributed by atoms with E-state index in [1.54, 1.807) is 17.1 Å². The molecule has 2 aromatic heterocycles. The van der Waals surface area contributed by atoms with E-state index in [-0.39, 0.29) is 0 Å². The Morgan fingerprint density at radius 3 is 2.54 bits per heavy atom. The average molecular weight is 371 g/mol. The molecule has 6 heteroatoms. The third-order valence-corrected chi connectivity index (χ3v) is 5.78. The van der Waals surface area contributed by atoms with Gasteiger partial charge >= 0.3 is 0 Å². The third kappa shape index (κ3) is 3.44. The van der Waals surface area contributed by atoms with Crippen LogP contribution in [0.3, 0.4) is 0 Å². The maximum absolute atomic E-state index is 10.1. The summed E-state index contributed by atoms with van der Waals surface area (Å²) in [6.45, 7) is 3.86. The fourth-order valence-electron chi connectivity index (χ4n) is 4.54.